The third-order valence-corrected chi connectivity index (χ3v) is 5.54. The van der Waals surface area contributed by atoms with E-state index in [9.17, 15) is 23.2 Å². The van der Waals surface area contributed by atoms with Gasteiger partial charge in [0.25, 0.3) is 0 Å². The molecule has 2 heterocycles. The van der Waals surface area contributed by atoms with Crippen molar-refractivity contribution in [3.8, 4) is 6.07 Å². The van der Waals surface area contributed by atoms with Crippen LogP contribution in [0.2, 0.25) is 0 Å². The Balaban J connectivity index is 1.83. The van der Waals surface area contributed by atoms with Crippen LogP contribution in [0.4, 0.5) is 18.9 Å². The summed E-state index contributed by atoms with van der Waals surface area (Å²) in [5.41, 5.74) is 2.97. The van der Waals surface area contributed by atoms with Gasteiger partial charge in [0, 0.05) is 30.4 Å². The van der Waals surface area contributed by atoms with Crippen molar-refractivity contribution in [3.05, 3.63) is 36.0 Å². The molecule has 2 aliphatic rings. The average molecular weight is 346 g/mol. The van der Waals surface area contributed by atoms with Gasteiger partial charge in [-0.25, -0.2) is 0 Å². The maximum absolute atomic E-state index is 13.6. The van der Waals surface area contributed by atoms with Crippen molar-refractivity contribution < 1.29 is 18.0 Å². The van der Waals surface area contributed by atoms with Gasteiger partial charge in [-0.1, -0.05) is 0 Å². The number of alkyl halides is 3. The molecule has 2 atom stereocenters. The first kappa shape index (κ1) is 15.7. The van der Waals surface area contributed by atoms with Crippen LogP contribution in [-0.4, -0.2) is 30.2 Å². The molecule has 1 aromatic carbocycles. The number of aromatic nitrogens is 1. The predicted octanol–water partition coefficient (Wildman–Crippen LogP) is 2.35. The molecular weight excluding hydrogens is 333 g/mol. The first-order valence-corrected chi connectivity index (χ1v) is 7.65. The normalized spacial score (nSPS) is 27.8. The lowest BCUT2D eigenvalue weighted by Gasteiger charge is -2.25. The third kappa shape index (κ3) is 1.83. The summed E-state index contributed by atoms with van der Waals surface area (Å²) in [6.45, 7) is -0.410. The largest absolute Gasteiger partial charge is 0.397 e. The SMILES string of the molecule is N#Cc1ccc(N2C[C@]3(C(N)=O)C[C@]3(C(F)(F)F)C2)c2cccnc12. The summed E-state index contributed by atoms with van der Waals surface area (Å²) in [6, 6.07) is 8.53. The van der Waals surface area contributed by atoms with Gasteiger partial charge < -0.3 is 10.6 Å². The first-order valence-electron chi connectivity index (χ1n) is 7.65. The highest BCUT2D eigenvalue weighted by Gasteiger charge is 2.85. The predicted molar refractivity (Wildman–Crippen MR) is 83.4 cm³/mol. The van der Waals surface area contributed by atoms with Crippen molar-refractivity contribution in [1.82, 2.24) is 4.98 Å². The number of nitrogens with two attached hydrogens (primary N) is 1. The number of fused-ring (bicyclic) bond motifs is 2. The summed E-state index contributed by atoms with van der Waals surface area (Å²) in [7, 11) is 0. The van der Waals surface area contributed by atoms with Gasteiger partial charge in [0.2, 0.25) is 5.91 Å². The van der Waals surface area contributed by atoms with E-state index < -0.39 is 22.9 Å². The fourth-order valence-corrected chi connectivity index (χ4v) is 4.15. The van der Waals surface area contributed by atoms with Gasteiger partial charge in [-0.2, -0.15) is 18.4 Å². The maximum Gasteiger partial charge on any atom is 0.397 e. The van der Waals surface area contributed by atoms with Crippen LogP contribution in [0.5, 0.6) is 0 Å². The summed E-state index contributed by atoms with van der Waals surface area (Å²) >= 11 is 0. The molecule has 0 unspecified atom stereocenters. The highest BCUT2D eigenvalue weighted by atomic mass is 19.4. The molecule has 128 valence electrons. The molecule has 2 fully saturated rings. The molecule has 1 saturated heterocycles. The number of carbonyl (C=O) groups is 1. The van der Waals surface area contributed by atoms with Gasteiger partial charge >= 0.3 is 6.18 Å². The highest BCUT2D eigenvalue weighted by molar-refractivity contribution is 5.96. The highest BCUT2D eigenvalue weighted by Crippen LogP contribution is 2.74. The fraction of sp³-hybridized carbons (Fsp3) is 0.353. The zero-order valence-electron chi connectivity index (χ0n) is 13.0. The van der Waals surface area contributed by atoms with E-state index in [-0.39, 0.29) is 19.5 Å². The van der Waals surface area contributed by atoms with Crippen LogP contribution in [0, 0.1) is 22.2 Å². The smallest absolute Gasteiger partial charge is 0.369 e. The molecule has 2 N–H and O–H groups in total. The van der Waals surface area contributed by atoms with Gasteiger partial charge in [-0.15, -0.1) is 0 Å². The number of piperidine rings is 1. The monoisotopic (exact) mass is 346 g/mol. The van der Waals surface area contributed by atoms with E-state index in [1.165, 1.54) is 17.2 Å². The van der Waals surface area contributed by atoms with Crippen molar-refractivity contribution in [2.45, 2.75) is 12.6 Å². The van der Waals surface area contributed by atoms with Crippen molar-refractivity contribution in [1.29, 1.82) is 5.26 Å². The zero-order valence-corrected chi connectivity index (χ0v) is 13.0. The van der Waals surface area contributed by atoms with E-state index >= 15 is 0 Å². The summed E-state index contributed by atoms with van der Waals surface area (Å²) in [5.74, 6) is -0.914. The second kappa shape index (κ2) is 4.63. The number of halogens is 3. The van der Waals surface area contributed by atoms with E-state index in [0.29, 0.717) is 22.2 Å². The summed E-state index contributed by atoms with van der Waals surface area (Å²) in [5, 5.41) is 9.77. The van der Waals surface area contributed by atoms with Crippen LogP contribution in [0.25, 0.3) is 10.9 Å². The number of benzene rings is 1. The lowest BCUT2D eigenvalue weighted by Crippen LogP contribution is -2.37. The molecule has 0 radical (unpaired) electrons. The number of nitriles is 1. The van der Waals surface area contributed by atoms with Crippen LogP contribution in [0.3, 0.4) is 0 Å². The van der Waals surface area contributed by atoms with Crippen molar-refractivity contribution in [3.63, 3.8) is 0 Å². The fourth-order valence-electron chi connectivity index (χ4n) is 4.15. The van der Waals surface area contributed by atoms with Crippen LogP contribution in [0.15, 0.2) is 30.5 Å². The Morgan fingerprint density at radius 3 is 2.68 bits per heavy atom. The Labute approximate surface area is 140 Å². The van der Waals surface area contributed by atoms with Crippen LogP contribution in [0.1, 0.15) is 12.0 Å². The van der Waals surface area contributed by atoms with E-state index in [2.05, 4.69) is 4.98 Å². The van der Waals surface area contributed by atoms with E-state index in [1.807, 2.05) is 6.07 Å². The zero-order chi connectivity index (χ0) is 18.0. The Hall–Kier alpha value is -2.82. The summed E-state index contributed by atoms with van der Waals surface area (Å²) in [4.78, 5) is 17.5. The molecular formula is C17H13F3N4O. The van der Waals surface area contributed by atoms with Gasteiger partial charge in [0.1, 0.15) is 11.5 Å². The number of anilines is 1. The first-order chi connectivity index (χ1) is 11.8. The number of rotatable bonds is 2. The molecule has 8 heteroatoms. The van der Waals surface area contributed by atoms with E-state index in [4.69, 9.17) is 5.73 Å². The van der Waals surface area contributed by atoms with Gasteiger partial charge in [0.15, 0.2) is 0 Å². The molecule has 2 aromatic rings. The summed E-state index contributed by atoms with van der Waals surface area (Å²) in [6.07, 6.45) is -3.24. The number of primary amides is 1. The number of hydrogen-bond acceptors (Lipinski definition) is 4. The number of hydrogen-bond donors (Lipinski definition) is 1. The Bertz CT molecular complexity index is 951. The van der Waals surface area contributed by atoms with Gasteiger partial charge in [-0.3, -0.25) is 9.78 Å². The summed E-state index contributed by atoms with van der Waals surface area (Å²) < 4.78 is 40.9. The second-order valence-corrected chi connectivity index (χ2v) is 6.70. The molecule has 0 spiro atoms. The van der Waals surface area contributed by atoms with Crippen LogP contribution in [-0.2, 0) is 4.79 Å². The lowest BCUT2D eigenvalue weighted by atomic mass is 9.95. The topological polar surface area (TPSA) is 83.0 Å². The second-order valence-electron chi connectivity index (χ2n) is 6.70. The maximum atomic E-state index is 13.6. The Morgan fingerprint density at radius 1 is 1.32 bits per heavy atom. The van der Waals surface area contributed by atoms with Crippen LogP contribution < -0.4 is 10.6 Å². The molecule has 1 aliphatic heterocycles. The number of carbonyl (C=O) groups excluding carboxylic acids is 1. The molecule has 1 aromatic heterocycles. The molecule has 0 bridgehead atoms. The Kier molecular flexibility index (Phi) is 2.90. The standard InChI is InChI=1S/C17H13F3N4O/c18-17(19,20)16-7-15(16,14(22)25)8-24(9-16)12-4-3-10(6-21)13-11(12)2-1-5-23-13/h1-5H,7-9H2,(H2,22,25)/t15-,16-/m0/s1. The van der Waals surface area contributed by atoms with E-state index in [0.717, 1.165) is 0 Å². The quantitative estimate of drug-likeness (QED) is 0.905. The average Bonchev–Trinajstić information content (AvgIpc) is 3.12. The van der Waals surface area contributed by atoms with E-state index in [1.54, 1.807) is 18.2 Å². The van der Waals surface area contributed by atoms with Gasteiger partial charge in [0.05, 0.1) is 16.5 Å². The van der Waals surface area contributed by atoms with Crippen LogP contribution >= 0.6 is 0 Å². The number of amides is 1. The third-order valence-electron chi connectivity index (χ3n) is 5.54. The molecule has 1 aliphatic carbocycles. The molecule has 5 nitrogen and oxygen atoms in total. The Morgan fingerprint density at radius 2 is 2.08 bits per heavy atom. The molecule has 1 saturated carbocycles. The van der Waals surface area contributed by atoms with Crippen molar-refractivity contribution in [2.24, 2.45) is 16.6 Å². The minimum Gasteiger partial charge on any atom is -0.369 e. The van der Waals surface area contributed by atoms with Crippen molar-refractivity contribution in [2.75, 3.05) is 18.0 Å². The number of nitrogens with zero attached hydrogens (tertiary/aromatic N) is 3. The molecule has 25 heavy (non-hydrogen) atoms. The molecule has 1 amide bonds. The van der Waals surface area contributed by atoms with Gasteiger partial charge in [-0.05, 0) is 30.7 Å². The minimum atomic E-state index is -4.50. The lowest BCUT2D eigenvalue weighted by molar-refractivity contribution is -0.191. The van der Waals surface area contributed by atoms with Crippen molar-refractivity contribution >= 4 is 22.5 Å². The molecule has 4 rings (SSSR count). The minimum absolute atomic E-state index is 0.0856. The number of pyridine rings is 1.